The molecule has 4 fully saturated rings. The molecule has 1 aromatic rings. The number of hydrogen-bond donors (Lipinski definition) is 1. The summed E-state index contributed by atoms with van der Waals surface area (Å²) in [7, 11) is 0. The van der Waals surface area contributed by atoms with Crippen molar-refractivity contribution in [3.05, 3.63) is 35.9 Å². The summed E-state index contributed by atoms with van der Waals surface area (Å²) < 4.78 is 0. The molecule has 2 N–H and O–H groups in total. The Morgan fingerprint density at radius 3 is 2.59 bits per heavy atom. The van der Waals surface area contributed by atoms with Crippen LogP contribution in [0.1, 0.15) is 50.5 Å². The Kier molecular flexibility index (Phi) is 3.14. The Hall–Kier alpha value is -1.02. The summed E-state index contributed by atoms with van der Waals surface area (Å²) in [4.78, 5) is 12.4. The van der Waals surface area contributed by atoms with E-state index in [0.717, 1.165) is 25.7 Å². The Bertz CT molecular complexity index is 603. The maximum Gasteiger partial charge on any atom is 0.223 e. The Labute approximate surface area is 137 Å². The van der Waals surface area contributed by atoms with Crippen LogP contribution >= 0.6 is 11.6 Å². The van der Waals surface area contributed by atoms with E-state index in [1.165, 1.54) is 24.8 Å². The minimum atomic E-state index is -0.290. The Balaban J connectivity index is 1.83. The molecule has 0 heterocycles. The van der Waals surface area contributed by atoms with Crippen LogP contribution in [0.3, 0.4) is 0 Å². The first-order valence-corrected chi connectivity index (χ1v) is 8.97. The monoisotopic (exact) mass is 317 g/mol. The van der Waals surface area contributed by atoms with Crippen molar-refractivity contribution in [1.82, 2.24) is 0 Å². The summed E-state index contributed by atoms with van der Waals surface area (Å²) in [5.74, 6) is 1.25. The number of rotatable bonds is 4. The average Bonchev–Trinajstić information content (AvgIpc) is 2.46. The molecule has 1 aromatic carbocycles. The first-order valence-electron chi connectivity index (χ1n) is 8.43. The molecule has 4 saturated carbocycles. The highest BCUT2D eigenvalue weighted by atomic mass is 35.5. The van der Waals surface area contributed by atoms with Crippen LogP contribution in [0.25, 0.3) is 0 Å². The number of hydrogen-bond acceptors (Lipinski definition) is 1. The summed E-state index contributed by atoms with van der Waals surface area (Å²) in [6, 6.07) is 10.8. The second-order valence-corrected chi connectivity index (χ2v) is 8.62. The van der Waals surface area contributed by atoms with Gasteiger partial charge in [0, 0.05) is 5.88 Å². The van der Waals surface area contributed by atoms with Crippen LogP contribution in [0.2, 0.25) is 0 Å². The van der Waals surface area contributed by atoms with Gasteiger partial charge in [-0.05, 0) is 67.3 Å². The molecule has 4 atom stereocenters. The van der Waals surface area contributed by atoms with Gasteiger partial charge >= 0.3 is 0 Å². The lowest BCUT2D eigenvalue weighted by molar-refractivity contribution is -0.159. The molecule has 0 saturated heterocycles. The highest BCUT2D eigenvalue weighted by molar-refractivity contribution is 6.17. The van der Waals surface area contributed by atoms with Gasteiger partial charge in [-0.3, -0.25) is 4.79 Å². The molecule has 4 bridgehead atoms. The number of carbonyl (C=O) groups is 1. The van der Waals surface area contributed by atoms with Gasteiger partial charge in [-0.2, -0.15) is 0 Å². The van der Waals surface area contributed by atoms with Crippen molar-refractivity contribution in [3.63, 3.8) is 0 Å². The molecule has 0 aromatic heterocycles. The van der Waals surface area contributed by atoms with E-state index in [2.05, 4.69) is 30.3 Å². The SMILES string of the molecule is NC(=O)C12CC3C[C@@](CCCl)(C1)C[C@](c1ccccc1)(C3)C2. The fourth-order valence-corrected chi connectivity index (χ4v) is 6.91. The van der Waals surface area contributed by atoms with E-state index in [1.807, 2.05) is 0 Å². The summed E-state index contributed by atoms with van der Waals surface area (Å²) in [6.45, 7) is 0. The normalized spacial score (nSPS) is 42.5. The molecule has 118 valence electrons. The zero-order chi connectivity index (χ0) is 15.4. The van der Waals surface area contributed by atoms with Gasteiger partial charge in [0.1, 0.15) is 0 Å². The average molecular weight is 318 g/mol. The molecule has 3 heteroatoms. The first-order chi connectivity index (χ1) is 10.5. The van der Waals surface area contributed by atoms with Crippen LogP contribution in [0.15, 0.2) is 30.3 Å². The Morgan fingerprint density at radius 2 is 1.91 bits per heavy atom. The molecule has 4 aliphatic carbocycles. The van der Waals surface area contributed by atoms with Gasteiger partial charge in [0.15, 0.2) is 0 Å². The van der Waals surface area contributed by atoms with E-state index >= 15 is 0 Å². The molecule has 1 amide bonds. The fourth-order valence-electron chi connectivity index (χ4n) is 6.51. The predicted molar refractivity (Wildman–Crippen MR) is 88.7 cm³/mol. The zero-order valence-corrected chi connectivity index (χ0v) is 13.7. The maximum absolute atomic E-state index is 12.4. The highest BCUT2D eigenvalue weighted by Crippen LogP contribution is 2.70. The van der Waals surface area contributed by atoms with Crippen molar-refractivity contribution in [2.24, 2.45) is 22.5 Å². The van der Waals surface area contributed by atoms with Crippen LogP contribution in [-0.2, 0) is 10.2 Å². The van der Waals surface area contributed by atoms with Crippen LogP contribution in [0.4, 0.5) is 0 Å². The number of primary amides is 1. The lowest BCUT2D eigenvalue weighted by Gasteiger charge is -2.66. The lowest BCUT2D eigenvalue weighted by atomic mass is 9.38. The number of alkyl halides is 1. The van der Waals surface area contributed by atoms with E-state index in [0.29, 0.717) is 11.8 Å². The highest BCUT2D eigenvalue weighted by Gasteiger charge is 2.65. The molecule has 0 spiro atoms. The van der Waals surface area contributed by atoms with Crippen LogP contribution in [-0.4, -0.2) is 11.8 Å². The zero-order valence-electron chi connectivity index (χ0n) is 13.0. The van der Waals surface area contributed by atoms with Gasteiger partial charge in [-0.1, -0.05) is 30.3 Å². The number of carbonyl (C=O) groups excluding carboxylic acids is 1. The molecule has 0 aliphatic heterocycles. The molecular weight excluding hydrogens is 294 g/mol. The molecule has 22 heavy (non-hydrogen) atoms. The van der Waals surface area contributed by atoms with Gasteiger partial charge < -0.3 is 5.73 Å². The van der Waals surface area contributed by atoms with Crippen molar-refractivity contribution in [3.8, 4) is 0 Å². The summed E-state index contributed by atoms with van der Waals surface area (Å²) in [5.41, 5.74) is 7.40. The van der Waals surface area contributed by atoms with Crippen molar-refractivity contribution < 1.29 is 4.79 Å². The Morgan fingerprint density at radius 1 is 1.14 bits per heavy atom. The molecule has 4 aliphatic rings. The molecule has 0 radical (unpaired) electrons. The third kappa shape index (κ3) is 1.96. The predicted octanol–water partition coefficient (Wildman–Crippen LogP) is 4.01. The largest absolute Gasteiger partial charge is 0.369 e. The van der Waals surface area contributed by atoms with E-state index in [-0.39, 0.29) is 22.2 Å². The molecule has 2 unspecified atom stereocenters. The van der Waals surface area contributed by atoms with Gasteiger partial charge in [0.2, 0.25) is 5.91 Å². The van der Waals surface area contributed by atoms with E-state index in [4.69, 9.17) is 17.3 Å². The van der Waals surface area contributed by atoms with Crippen molar-refractivity contribution >= 4 is 17.5 Å². The minimum absolute atomic E-state index is 0.0733. The quantitative estimate of drug-likeness (QED) is 0.838. The molecule has 5 rings (SSSR count). The van der Waals surface area contributed by atoms with Crippen LogP contribution < -0.4 is 5.73 Å². The van der Waals surface area contributed by atoms with E-state index in [1.54, 1.807) is 0 Å². The molecule has 2 nitrogen and oxygen atoms in total. The second kappa shape index (κ2) is 4.74. The van der Waals surface area contributed by atoms with Crippen molar-refractivity contribution in [1.29, 1.82) is 0 Å². The van der Waals surface area contributed by atoms with Gasteiger partial charge in [0.05, 0.1) is 5.41 Å². The lowest BCUT2D eigenvalue weighted by Crippen LogP contribution is -2.62. The minimum Gasteiger partial charge on any atom is -0.369 e. The third-order valence-electron chi connectivity index (χ3n) is 6.72. The number of amides is 1. The standard InChI is InChI=1S/C19H24ClNO/c20-7-6-17-8-14-9-18(11-17,15-4-2-1-3-5-15)13-19(10-14,12-17)16(21)22/h1-5,14H,6-13H2,(H2,21,22)/t14?,17-,18-,19?/m1/s1. The van der Waals surface area contributed by atoms with Gasteiger partial charge in [-0.25, -0.2) is 0 Å². The second-order valence-electron chi connectivity index (χ2n) is 8.24. The smallest absolute Gasteiger partial charge is 0.223 e. The summed E-state index contributed by atoms with van der Waals surface area (Å²) >= 11 is 6.14. The van der Waals surface area contributed by atoms with Crippen LogP contribution in [0.5, 0.6) is 0 Å². The number of nitrogens with two attached hydrogens (primary N) is 1. The number of benzene rings is 1. The van der Waals surface area contributed by atoms with Crippen LogP contribution in [0, 0.1) is 16.7 Å². The van der Waals surface area contributed by atoms with E-state index < -0.39 is 0 Å². The van der Waals surface area contributed by atoms with E-state index in [9.17, 15) is 4.79 Å². The van der Waals surface area contributed by atoms with Crippen molar-refractivity contribution in [2.45, 2.75) is 50.4 Å². The summed E-state index contributed by atoms with van der Waals surface area (Å²) in [5, 5.41) is 0. The fraction of sp³-hybridized carbons (Fsp3) is 0.632. The third-order valence-corrected chi connectivity index (χ3v) is 6.91. The van der Waals surface area contributed by atoms with Gasteiger partial charge in [-0.15, -0.1) is 11.6 Å². The molecular formula is C19H24ClNO. The summed E-state index contributed by atoms with van der Waals surface area (Å²) in [6.07, 6.45) is 7.57. The topological polar surface area (TPSA) is 43.1 Å². The maximum atomic E-state index is 12.4. The number of halogens is 1. The van der Waals surface area contributed by atoms with Crippen molar-refractivity contribution in [2.75, 3.05) is 5.88 Å². The first kappa shape index (κ1) is 14.6. The van der Waals surface area contributed by atoms with Gasteiger partial charge in [0.25, 0.3) is 0 Å².